The molecule has 84 valence electrons. The lowest BCUT2D eigenvalue weighted by atomic mass is 10.3. The number of rotatable bonds is 4. The number of nitrogens with one attached hydrogen (secondary N) is 1. The number of nitrogen functional groups attached to an aromatic ring is 1. The first kappa shape index (κ1) is 11.9. The quantitative estimate of drug-likeness (QED) is 0.580. The first-order valence-corrected chi connectivity index (χ1v) is 4.87. The van der Waals surface area contributed by atoms with Gasteiger partial charge < -0.3 is 15.8 Å². The first-order chi connectivity index (χ1) is 7.74. The van der Waals surface area contributed by atoms with Crippen molar-refractivity contribution in [3.63, 3.8) is 0 Å². The third-order valence-corrected chi connectivity index (χ3v) is 1.83. The van der Waals surface area contributed by atoms with Gasteiger partial charge in [0, 0.05) is 0 Å². The molecule has 4 heteroatoms. The summed E-state index contributed by atoms with van der Waals surface area (Å²) >= 11 is 0. The van der Waals surface area contributed by atoms with Crippen LogP contribution in [0, 0.1) is 11.8 Å². The summed E-state index contributed by atoms with van der Waals surface area (Å²) in [4.78, 5) is 11.3. The van der Waals surface area contributed by atoms with Crippen LogP contribution in [0.4, 0.5) is 5.69 Å². The van der Waals surface area contributed by atoms with Crippen LogP contribution in [0.1, 0.15) is 6.92 Å². The molecule has 3 N–H and O–H groups in total. The molecule has 1 rings (SSSR count). The Hall–Kier alpha value is -2.15. The van der Waals surface area contributed by atoms with Gasteiger partial charge in [-0.25, -0.2) is 0 Å². The largest absolute Gasteiger partial charge is 0.482 e. The predicted molar refractivity (Wildman–Crippen MR) is 62.8 cm³/mol. The van der Waals surface area contributed by atoms with E-state index >= 15 is 0 Å². The lowest BCUT2D eigenvalue weighted by molar-refractivity contribution is -0.122. The van der Waals surface area contributed by atoms with Gasteiger partial charge in [-0.15, -0.1) is 5.92 Å². The lowest BCUT2D eigenvalue weighted by Crippen LogP contribution is -2.29. The van der Waals surface area contributed by atoms with Crippen molar-refractivity contribution in [1.82, 2.24) is 5.32 Å². The van der Waals surface area contributed by atoms with Crippen LogP contribution in [-0.2, 0) is 4.79 Å². The van der Waals surface area contributed by atoms with Crippen LogP contribution in [-0.4, -0.2) is 19.1 Å². The second-order valence-electron chi connectivity index (χ2n) is 3.03. The van der Waals surface area contributed by atoms with Gasteiger partial charge in [-0.3, -0.25) is 4.79 Å². The highest BCUT2D eigenvalue weighted by atomic mass is 16.5. The molecule has 0 aromatic heterocycles. The smallest absolute Gasteiger partial charge is 0.258 e. The van der Waals surface area contributed by atoms with E-state index in [1.54, 1.807) is 31.2 Å². The number of hydrogen-bond donors (Lipinski definition) is 2. The number of anilines is 1. The van der Waals surface area contributed by atoms with Crippen molar-refractivity contribution in [3.8, 4) is 17.6 Å². The summed E-state index contributed by atoms with van der Waals surface area (Å²) in [5.74, 6) is 5.70. The molecule has 1 aromatic carbocycles. The van der Waals surface area contributed by atoms with Crippen LogP contribution in [0.25, 0.3) is 0 Å². The fraction of sp³-hybridized carbons (Fsp3) is 0.250. The van der Waals surface area contributed by atoms with Crippen molar-refractivity contribution in [1.29, 1.82) is 0 Å². The summed E-state index contributed by atoms with van der Waals surface area (Å²) in [5, 5.41) is 2.59. The zero-order valence-corrected chi connectivity index (χ0v) is 9.12. The maximum atomic E-state index is 11.3. The van der Waals surface area contributed by atoms with Crippen LogP contribution in [0.15, 0.2) is 24.3 Å². The second kappa shape index (κ2) is 6.36. The van der Waals surface area contributed by atoms with E-state index in [-0.39, 0.29) is 12.5 Å². The van der Waals surface area contributed by atoms with E-state index in [4.69, 9.17) is 10.5 Å². The van der Waals surface area contributed by atoms with E-state index < -0.39 is 0 Å². The molecule has 0 bridgehead atoms. The van der Waals surface area contributed by atoms with Gasteiger partial charge in [0.25, 0.3) is 5.91 Å². The Bertz CT molecular complexity index is 419. The summed E-state index contributed by atoms with van der Waals surface area (Å²) in [7, 11) is 0. The zero-order chi connectivity index (χ0) is 11.8. The SMILES string of the molecule is CC#CCNC(=O)COc1ccccc1N. The van der Waals surface area contributed by atoms with Gasteiger partial charge in [-0.2, -0.15) is 0 Å². The lowest BCUT2D eigenvalue weighted by Gasteiger charge is -2.07. The van der Waals surface area contributed by atoms with Gasteiger partial charge in [0.1, 0.15) is 5.75 Å². The van der Waals surface area contributed by atoms with Crippen molar-refractivity contribution in [2.24, 2.45) is 0 Å². The summed E-state index contributed by atoms with van der Waals surface area (Å²) < 4.78 is 5.24. The Morgan fingerprint density at radius 1 is 1.50 bits per heavy atom. The highest BCUT2D eigenvalue weighted by molar-refractivity contribution is 5.78. The Morgan fingerprint density at radius 3 is 2.94 bits per heavy atom. The van der Waals surface area contributed by atoms with Gasteiger partial charge >= 0.3 is 0 Å². The summed E-state index contributed by atoms with van der Waals surface area (Å²) in [6.07, 6.45) is 0. The minimum Gasteiger partial charge on any atom is -0.482 e. The van der Waals surface area contributed by atoms with E-state index in [0.29, 0.717) is 18.0 Å². The molecular formula is C12H14N2O2. The van der Waals surface area contributed by atoms with Gasteiger partial charge in [-0.05, 0) is 19.1 Å². The molecule has 0 heterocycles. The Labute approximate surface area is 94.8 Å². The average molecular weight is 218 g/mol. The van der Waals surface area contributed by atoms with E-state index in [1.165, 1.54) is 0 Å². The molecule has 1 aromatic rings. The van der Waals surface area contributed by atoms with Crippen molar-refractivity contribution in [2.75, 3.05) is 18.9 Å². The van der Waals surface area contributed by atoms with Crippen LogP contribution < -0.4 is 15.8 Å². The topological polar surface area (TPSA) is 64.3 Å². The van der Waals surface area contributed by atoms with Crippen LogP contribution in [0.2, 0.25) is 0 Å². The molecule has 0 saturated carbocycles. The molecule has 0 atom stereocenters. The maximum Gasteiger partial charge on any atom is 0.258 e. The molecule has 0 unspecified atom stereocenters. The second-order valence-corrected chi connectivity index (χ2v) is 3.03. The van der Waals surface area contributed by atoms with Crippen LogP contribution in [0.3, 0.4) is 0 Å². The van der Waals surface area contributed by atoms with Crippen molar-refractivity contribution in [3.05, 3.63) is 24.3 Å². The fourth-order valence-corrected chi connectivity index (χ4v) is 1.04. The first-order valence-electron chi connectivity index (χ1n) is 4.87. The molecule has 1 amide bonds. The molecule has 0 aliphatic carbocycles. The molecule has 4 nitrogen and oxygen atoms in total. The van der Waals surface area contributed by atoms with Crippen molar-refractivity contribution in [2.45, 2.75) is 6.92 Å². The molecular weight excluding hydrogens is 204 g/mol. The number of benzene rings is 1. The third-order valence-electron chi connectivity index (χ3n) is 1.83. The van der Waals surface area contributed by atoms with Gasteiger partial charge in [-0.1, -0.05) is 18.1 Å². The van der Waals surface area contributed by atoms with Crippen molar-refractivity contribution >= 4 is 11.6 Å². The van der Waals surface area contributed by atoms with Gasteiger partial charge in [0.05, 0.1) is 12.2 Å². The number of nitrogens with two attached hydrogens (primary N) is 1. The van der Waals surface area contributed by atoms with E-state index in [2.05, 4.69) is 17.2 Å². The normalized spacial score (nSPS) is 8.81. The summed E-state index contributed by atoms with van der Waals surface area (Å²) in [5.41, 5.74) is 6.17. The van der Waals surface area contributed by atoms with Crippen molar-refractivity contribution < 1.29 is 9.53 Å². The number of hydrogen-bond acceptors (Lipinski definition) is 3. The van der Waals surface area contributed by atoms with Crippen LogP contribution in [0.5, 0.6) is 5.75 Å². The molecule has 0 aliphatic heterocycles. The molecule has 0 spiro atoms. The number of carbonyl (C=O) groups excluding carboxylic acids is 1. The minimum atomic E-state index is -0.217. The fourth-order valence-electron chi connectivity index (χ4n) is 1.04. The van der Waals surface area contributed by atoms with E-state index in [9.17, 15) is 4.79 Å². The highest BCUT2D eigenvalue weighted by Crippen LogP contribution is 2.19. The summed E-state index contributed by atoms with van der Waals surface area (Å²) in [6.45, 7) is 2.00. The maximum absolute atomic E-state index is 11.3. The predicted octanol–water partition coefficient (Wildman–Crippen LogP) is 0.787. The molecule has 0 aliphatic rings. The van der Waals surface area contributed by atoms with E-state index in [1.807, 2.05) is 0 Å². The van der Waals surface area contributed by atoms with Crippen LogP contribution >= 0.6 is 0 Å². The minimum absolute atomic E-state index is 0.0559. The Kier molecular flexibility index (Phi) is 4.74. The monoisotopic (exact) mass is 218 g/mol. The average Bonchev–Trinajstić information content (AvgIpc) is 2.28. The molecule has 0 fully saturated rings. The summed E-state index contributed by atoms with van der Waals surface area (Å²) in [6, 6.07) is 7.04. The number of carbonyl (C=O) groups is 1. The molecule has 16 heavy (non-hydrogen) atoms. The highest BCUT2D eigenvalue weighted by Gasteiger charge is 2.03. The van der Waals surface area contributed by atoms with Gasteiger partial charge in [0.15, 0.2) is 6.61 Å². The zero-order valence-electron chi connectivity index (χ0n) is 9.12. The number of ether oxygens (including phenoxy) is 1. The van der Waals surface area contributed by atoms with Gasteiger partial charge in [0.2, 0.25) is 0 Å². The third kappa shape index (κ3) is 3.93. The Morgan fingerprint density at radius 2 is 2.25 bits per heavy atom. The van der Waals surface area contributed by atoms with E-state index in [0.717, 1.165) is 0 Å². The number of amides is 1. The standard InChI is InChI=1S/C12H14N2O2/c1-2-3-8-14-12(15)9-16-11-7-5-4-6-10(11)13/h4-7H,8-9,13H2,1H3,(H,14,15). The Balaban J connectivity index is 2.36. The number of para-hydroxylation sites is 2. The molecule has 0 radical (unpaired) electrons. The molecule has 0 saturated heterocycles.